The molecule has 19 heavy (non-hydrogen) atoms. The van der Waals surface area contributed by atoms with Crippen LogP contribution in [0.4, 0.5) is 0 Å². The zero-order valence-corrected chi connectivity index (χ0v) is 11.0. The molecule has 1 aliphatic carbocycles. The van der Waals surface area contributed by atoms with Crippen LogP contribution in [0.3, 0.4) is 0 Å². The van der Waals surface area contributed by atoms with E-state index in [0.717, 1.165) is 31.5 Å². The van der Waals surface area contributed by atoms with E-state index in [0.29, 0.717) is 12.3 Å². The minimum absolute atomic E-state index is 0.403. The van der Waals surface area contributed by atoms with Crippen LogP contribution in [0.5, 0.6) is 0 Å². The number of rotatable bonds is 3. The molecule has 100 valence electrons. The van der Waals surface area contributed by atoms with E-state index in [2.05, 4.69) is 22.3 Å². The van der Waals surface area contributed by atoms with Crippen LogP contribution in [0.2, 0.25) is 0 Å². The Morgan fingerprint density at radius 2 is 1.84 bits per heavy atom. The Labute approximate surface area is 113 Å². The summed E-state index contributed by atoms with van der Waals surface area (Å²) in [6.45, 7) is 0. The lowest BCUT2D eigenvalue weighted by Gasteiger charge is -2.29. The van der Waals surface area contributed by atoms with Crippen LogP contribution in [0, 0.1) is 0 Å². The second kappa shape index (κ2) is 5.13. The van der Waals surface area contributed by atoms with Gasteiger partial charge in [0.05, 0.1) is 5.54 Å². The van der Waals surface area contributed by atoms with Crippen LogP contribution in [0.1, 0.15) is 49.4 Å². The molecule has 4 nitrogen and oxygen atoms in total. The fourth-order valence-corrected chi connectivity index (χ4v) is 2.70. The SMILES string of the molecule is NC1(c2nc(Cc3ccccc3)no2)CCCCC1. The first-order chi connectivity index (χ1) is 9.26. The van der Waals surface area contributed by atoms with E-state index in [-0.39, 0.29) is 0 Å². The molecule has 1 fully saturated rings. The molecule has 0 spiro atoms. The van der Waals surface area contributed by atoms with Crippen molar-refractivity contribution in [3.05, 3.63) is 47.6 Å². The van der Waals surface area contributed by atoms with Gasteiger partial charge in [0.2, 0.25) is 5.89 Å². The molecule has 0 saturated heterocycles. The summed E-state index contributed by atoms with van der Waals surface area (Å²) in [5, 5.41) is 4.07. The van der Waals surface area contributed by atoms with Gasteiger partial charge in [0.15, 0.2) is 5.82 Å². The van der Waals surface area contributed by atoms with E-state index in [1.54, 1.807) is 0 Å². The van der Waals surface area contributed by atoms with E-state index in [1.807, 2.05) is 18.2 Å². The maximum atomic E-state index is 6.39. The average molecular weight is 257 g/mol. The normalized spacial score (nSPS) is 18.4. The first-order valence-corrected chi connectivity index (χ1v) is 6.92. The van der Waals surface area contributed by atoms with Crippen molar-refractivity contribution in [1.82, 2.24) is 10.1 Å². The highest BCUT2D eigenvalue weighted by Crippen LogP contribution is 2.33. The van der Waals surface area contributed by atoms with Crippen LogP contribution in [-0.4, -0.2) is 10.1 Å². The summed E-state index contributed by atoms with van der Waals surface area (Å²) < 4.78 is 5.39. The Balaban J connectivity index is 1.76. The largest absolute Gasteiger partial charge is 0.337 e. The molecule has 0 atom stereocenters. The zero-order chi connectivity index (χ0) is 13.1. The molecule has 0 radical (unpaired) electrons. The summed E-state index contributed by atoms with van der Waals surface area (Å²) in [4.78, 5) is 4.50. The molecule has 0 unspecified atom stereocenters. The maximum Gasteiger partial charge on any atom is 0.246 e. The first-order valence-electron chi connectivity index (χ1n) is 6.92. The third kappa shape index (κ3) is 2.68. The van der Waals surface area contributed by atoms with Crippen LogP contribution in [-0.2, 0) is 12.0 Å². The highest BCUT2D eigenvalue weighted by atomic mass is 16.5. The van der Waals surface area contributed by atoms with Gasteiger partial charge in [-0.3, -0.25) is 0 Å². The fourth-order valence-electron chi connectivity index (χ4n) is 2.70. The lowest BCUT2D eigenvalue weighted by atomic mass is 9.82. The highest BCUT2D eigenvalue weighted by Gasteiger charge is 2.35. The summed E-state index contributed by atoms with van der Waals surface area (Å²) in [5.41, 5.74) is 7.17. The van der Waals surface area contributed by atoms with Crippen LogP contribution in [0.25, 0.3) is 0 Å². The number of hydrogen-bond donors (Lipinski definition) is 1. The Kier molecular flexibility index (Phi) is 3.34. The van der Waals surface area contributed by atoms with Crippen molar-refractivity contribution in [1.29, 1.82) is 0 Å². The van der Waals surface area contributed by atoms with Crippen molar-refractivity contribution in [3.63, 3.8) is 0 Å². The molecule has 1 aliphatic rings. The molecule has 1 saturated carbocycles. The van der Waals surface area contributed by atoms with Gasteiger partial charge in [-0.05, 0) is 18.4 Å². The van der Waals surface area contributed by atoms with Gasteiger partial charge in [-0.15, -0.1) is 0 Å². The van der Waals surface area contributed by atoms with Crippen LogP contribution in [0.15, 0.2) is 34.9 Å². The monoisotopic (exact) mass is 257 g/mol. The number of aromatic nitrogens is 2. The number of hydrogen-bond acceptors (Lipinski definition) is 4. The lowest BCUT2D eigenvalue weighted by Crippen LogP contribution is -2.39. The summed E-state index contributed by atoms with van der Waals surface area (Å²) in [5.74, 6) is 1.33. The summed E-state index contributed by atoms with van der Waals surface area (Å²) in [6, 6.07) is 10.2. The second-order valence-electron chi connectivity index (χ2n) is 5.39. The average Bonchev–Trinajstić information content (AvgIpc) is 2.90. The summed E-state index contributed by atoms with van der Waals surface area (Å²) in [6.07, 6.45) is 6.13. The maximum absolute atomic E-state index is 6.39. The number of nitrogens with zero attached hydrogens (tertiary/aromatic N) is 2. The van der Waals surface area contributed by atoms with Gasteiger partial charge in [-0.25, -0.2) is 0 Å². The van der Waals surface area contributed by atoms with E-state index >= 15 is 0 Å². The predicted octanol–water partition coefficient (Wildman–Crippen LogP) is 2.78. The van der Waals surface area contributed by atoms with Crippen LogP contribution >= 0.6 is 0 Å². The fraction of sp³-hybridized carbons (Fsp3) is 0.467. The Hall–Kier alpha value is -1.68. The van der Waals surface area contributed by atoms with Gasteiger partial charge in [0, 0.05) is 6.42 Å². The van der Waals surface area contributed by atoms with Crippen molar-refractivity contribution >= 4 is 0 Å². The lowest BCUT2D eigenvalue weighted by molar-refractivity contribution is 0.219. The van der Waals surface area contributed by atoms with E-state index < -0.39 is 5.54 Å². The minimum Gasteiger partial charge on any atom is -0.337 e. The van der Waals surface area contributed by atoms with Gasteiger partial charge in [0.25, 0.3) is 0 Å². The molecule has 4 heteroatoms. The third-order valence-corrected chi connectivity index (χ3v) is 3.84. The molecule has 2 aromatic rings. The Bertz CT molecular complexity index is 529. The third-order valence-electron chi connectivity index (χ3n) is 3.84. The van der Waals surface area contributed by atoms with Crippen LogP contribution < -0.4 is 5.73 Å². The van der Waals surface area contributed by atoms with Crippen molar-refractivity contribution in [2.24, 2.45) is 5.73 Å². The van der Waals surface area contributed by atoms with Crippen molar-refractivity contribution < 1.29 is 4.52 Å². The molecule has 0 amide bonds. The molecule has 2 N–H and O–H groups in total. The second-order valence-corrected chi connectivity index (χ2v) is 5.39. The zero-order valence-electron chi connectivity index (χ0n) is 11.0. The van der Waals surface area contributed by atoms with Crippen molar-refractivity contribution in [3.8, 4) is 0 Å². The molecular formula is C15H19N3O. The smallest absolute Gasteiger partial charge is 0.246 e. The molecule has 1 heterocycles. The van der Waals surface area contributed by atoms with E-state index in [9.17, 15) is 0 Å². The van der Waals surface area contributed by atoms with Crippen molar-refractivity contribution in [2.75, 3.05) is 0 Å². The molecule has 1 aromatic heterocycles. The van der Waals surface area contributed by atoms with E-state index in [4.69, 9.17) is 10.3 Å². The van der Waals surface area contributed by atoms with E-state index in [1.165, 1.54) is 12.0 Å². The van der Waals surface area contributed by atoms with Gasteiger partial charge < -0.3 is 10.3 Å². The molecule has 0 aliphatic heterocycles. The van der Waals surface area contributed by atoms with Gasteiger partial charge in [-0.2, -0.15) is 4.98 Å². The highest BCUT2D eigenvalue weighted by molar-refractivity contribution is 5.18. The Morgan fingerprint density at radius 1 is 1.11 bits per heavy atom. The van der Waals surface area contributed by atoms with Gasteiger partial charge in [0.1, 0.15) is 0 Å². The molecule has 1 aromatic carbocycles. The summed E-state index contributed by atoms with van der Waals surface area (Å²) >= 11 is 0. The minimum atomic E-state index is -0.403. The number of benzene rings is 1. The molecule has 3 rings (SSSR count). The predicted molar refractivity (Wildman–Crippen MR) is 72.5 cm³/mol. The topological polar surface area (TPSA) is 64.9 Å². The quantitative estimate of drug-likeness (QED) is 0.918. The standard InChI is InChI=1S/C15H19N3O/c16-15(9-5-2-6-10-15)14-17-13(18-19-14)11-12-7-3-1-4-8-12/h1,3-4,7-8H,2,5-6,9-11,16H2. The first kappa shape index (κ1) is 12.4. The van der Waals surface area contributed by atoms with Gasteiger partial charge >= 0.3 is 0 Å². The van der Waals surface area contributed by atoms with Crippen molar-refractivity contribution in [2.45, 2.75) is 44.1 Å². The van der Waals surface area contributed by atoms with Gasteiger partial charge in [-0.1, -0.05) is 54.8 Å². The Morgan fingerprint density at radius 3 is 2.58 bits per heavy atom. The molecule has 0 bridgehead atoms. The molecular weight excluding hydrogens is 238 g/mol. The summed E-state index contributed by atoms with van der Waals surface area (Å²) in [7, 11) is 0. The number of nitrogens with two attached hydrogens (primary N) is 1.